The van der Waals surface area contributed by atoms with Crippen LogP contribution in [0.5, 0.6) is 5.75 Å². The van der Waals surface area contributed by atoms with Crippen molar-refractivity contribution in [3.05, 3.63) is 66.4 Å². The lowest BCUT2D eigenvalue weighted by Gasteiger charge is -2.25. The zero-order chi connectivity index (χ0) is 18.5. The van der Waals surface area contributed by atoms with Gasteiger partial charge in [0.15, 0.2) is 0 Å². The molecule has 0 spiro atoms. The van der Waals surface area contributed by atoms with Crippen LogP contribution in [0.2, 0.25) is 0 Å². The Kier molecular flexibility index (Phi) is 5.49. The molecule has 5 heteroatoms. The predicted molar refractivity (Wildman–Crippen MR) is 105 cm³/mol. The molecule has 0 saturated heterocycles. The van der Waals surface area contributed by atoms with Crippen LogP contribution in [0.1, 0.15) is 10.4 Å². The highest BCUT2D eigenvalue weighted by Crippen LogP contribution is 2.26. The van der Waals surface area contributed by atoms with Crippen LogP contribution in [0.3, 0.4) is 0 Å². The van der Waals surface area contributed by atoms with Gasteiger partial charge < -0.3 is 14.5 Å². The number of aromatic nitrogens is 1. The maximum Gasteiger partial charge on any atom is 0.260 e. The summed E-state index contributed by atoms with van der Waals surface area (Å²) in [5, 5.41) is 0.885. The van der Waals surface area contributed by atoms with Crippen molar-refractivity contribution in [1.29, 1.82) is 0 Å². The topological polar surface area (TPSA) is 45.7 Å². The number of anilines is 1. The van der Waals surface area contributed by atoms with Crippen molar-refractivity contribution in [2.75, 3.05) is 39.2 Å². The van der Waals surface area contributed by atoms with E-state index in [0.717, 1.165) is 17.6 Å². The monoisotopic (exact) mass is 349 g/mol. The number of amides is 1. The number of hydrogen-bond donors (Lipinski definition) is 0. The summed E-state index contributed by atoms with van der Waals surface area (Å²) in [6.45, 7) is 1.34. The normalized spacial score (nSPS) is 10.9. The van der Waals surface area contributed by atoms with E-state index in [0.29, 0.717) is 23.4 Å². The van der Waals surface area contributed by atoms with Gasteiger partial charge in [-0.1, -0.05) is 24.3 Å². The largest absolute Gasteiger partial charge is 0.497 e. The van der Waals surface area contributed by atoms with Crippen molar-refractivity contribution < 1.29 is 9.53 Å². The second-order valence-electron chi connectivity index (χ2n) is 6.35. The van der Waals surface area contributed by atoms with Gasteiger partial charge >= 0.3 is 0 Å². The van der Waals surface area contributed by atoms with Gasteiger partial charge in [-0.25, -0.2) is 0 Å². The van der Waals surface area contributed by atoms with Crippen LogP contribution in [0.4, 0.5) is 5.69 Å². The Morgan fingerprint density at radius 3 is 2.50 bits per heavy atom. The quantitative estimate of drug-likeness (QED) is 0.684. The van der Waals surface area contributed by atoms with Gasteiger partial charge in [0.05, 0.1) is 18.2 Å². The highest BCUT2D eigenvalue weighted by Gasteiger charge is 2.21. The van der Waals surface area contributed by atoms with Crippen LogP contribution in [0.25, 0.3) is 10.9 Å². The van der Waals surface area contributed by atoms with E-state index in [2.05, 4.69) is 9.88 Å². The second kappa shape index (κ2) is 7.97. The Morgan fingerprint density at radius 2 is 1.81 bits per heavy atom. The number of likely N-dealkylation sites (N-methyl/N-ethyl adjacent to an activating group) is 1. The molecule has 0 fully saturated rings. The molecule has 2 aromatic carbocycles. The summed E-state index contributed by atoms with van der Waals surface area (Å²) in [5.41, 5.74) is 2.10. The summed E-state index contributed by atoms with van der Waals surface area (Å²) in [6, 6.07) is 17.2. The van der Waals surface area contributed by atoms with Crippen molar-refractivity contribution in [3.8, 4) is 5.75 Å². The van der Waals surface area contributed by atoms with Crippen molar-refractivity contribution in [2.24, 2.45) is 0 Å². The molecular formula is C21H23N3O2. The van der Waals surface area contributed by atoms with E-state index in [1.54, 1.807) is 24.3 Å². The van der Waals surface area contributed by atoms with Gasteiger partial charge in [0, 0.05) is 30.4 Å². The molecule has 134 valence electrons. The fourth-order valence-corrected chi connectivity index (χ4v) is 2.85. The molecule has 1 aromatic heterocycles. The van der Waals surface area contributed by atoms with Crippen LogP contribution in [-0.4, -0.2) is 50.1 Å². The third-order valence-corrected chi connectivity index (χ3v) is 4.23. The van der Waals surface area contributed by atoms with Gasteiger partial charge in [0.25, 0.3) is 5.91 Å². The first-order chi connectivity index (χ1) is 12.6. The van der Waals surface area contributed by atoms with Crippen LogP contribution in [0.15, 0.2) is 60.8 Å². The molecule has 3 aromatic rings. The number of fused-ring (bicyclic) bond motifs is 1. The maximum atomic E-state index is 13.5. The van der Waals surface area contributed by atoms with Gasteiger partial charge in [0.2, 0.25) is 0 Å². The summed E-state index contributed by atoms with van der Waals surface area (Å²) < 4.78 is 5.39. The summed E-state index contributed by atoms with van der Waals surface area (Å²) in [6.07, 6.45) is 1.71. The molecule has 0 aliphatic carbocycles. The summed E-state index contributed by atoms with van der Waals surface area (Å²) in [7, 11) is 5.60. The fraction of sp³-hybridized carbons (Fsp3) is 0.238. The zero-order valence-corrected chi connectivity index (χ0v) is 15.3. The number of rotatable bonds is 6. The van der Waals surface area contributed by atoms with Crippen LogP contribution in [-0.2, 0) is 0 Å². The highest BCUT2D eigenvalue weighted by molar-refractivity contribution is 6.13. The molecule has 1 heterocycles. The first-order valence-corrected chi connectivity index (χ1v) is 8.54. The lowest BCUT2D eigenvalue weighted by molar-refractivity contribution is 0.0986. The minimum absolute atomic E-state index is 0.0827. The standard InChI is InChI=1S/C21H23N3O2/c1-23(2)12-13-24(17-9-5-4-6-10-17)21(25)19-15-18(26-3)14-16-8-7-11-22-20(16)19/h4-11,14-15H,12-13H2,1-3H3. The first-order valence-electron chi connectivity index (χ1n) is 8.54. The maximum absolute atomic E-state index is 13.5. The SMILES string of the molecule is COc1cc(C(=O)N(CCN(C)C)c2ccccc2)c2ncccc2c1. The van der Waals surface area contributed by atoms with Gasteiger partial charge in [-0.2, -0.15) is 0 Å². The van der Waals surface area contributed by atoms with Gasteiger partial charge in [-0.3, -0.25) is 9.78 Å². The molecule has 0 saturated carbocycles. The number of pyridine rings is 1. The minimum Gasteiger partial charge on any atom is -0.497 e. The van der Waals surface area contributed by atoms with E-state index in [1.165, 1.54) is 0 Å². The molecule has 5 nitrogen and oxygen atoms in total. The molecule has 26 heavy (non-hydrogen) atoms. The number of carbonyl (C=O) groups is 1. The van der Waals surface area contributed by atoms with E-state index in [1.807, 2.05) is 62.6 Å². The fourth-order valence-electron chi connectivity index (χ4n) is 2.85. The number of ether oxygens (including phenoxy) is 1. The average molecular weight is 349 g/mol. The van der Waals surface area contributed by atoms with Gasteiger partial charge in [-0.15, -0.1) is 0 Å². The van der Waals surface area contributed by atoms with Crippen LogP contribution < -0.4 is 9.64 Å². The number of hydrogen-bond acceptors (Lipinski definition) is 4. The number of para-hydroxylation sites is 1. The lowest BCUT2D eigenvalue weighted by Crippen LogP contribution is -2.37. The Labute approximate surface area is 153 Å². The molecule has 0 aliphatic rings. The smallest absolute Gasteiger partial charge is 0.260 e. The van der Waals surface area contributed by atoms with E-state index >= 15 is 0 Å². The van der Waals surface area contributed by atoms with E-state index in [4.69, 9.17) is 4.74 Å². The van der Waals surface area contributed by atoms with Gasteiger partial charge in [-0.05, 0) is 44.4 Å². The van der Waals surface area contributed by atoms with Crippen molar-refractivity contribution in [3.63, 3.8) is 0 Å². The first kappa shape index (κ1) is 17.9. The average Bonchev–Trinajstić information content (AvgIpc) is 2.67. The molecule has 0 aliphatic heterocycles. The zero-order valence-electron chi connectivity index (χ0n) is 15.3. The summed E-state index contributed by atoms with van der Waals surface area (Å²) in [5.74, 6) is 0.565. The summed E-state index contributed by atoms with van der Waals surface area (Å²) in [4.78, 5) is 21.7. The molecule has 0 radical (unpaired) electrons. The van der Waals surface area contributed by atoms with Crippen molar-refractivity contribution in [2.45, 2.75) is 0 Å². The molecule has 0 atom stereocenters. The lowest BCUT2D eigenvalue weighted by atomic mass is 10.1. The molecule has 1 amide bonds. The van der Waals surface area contributed by atoms with E-state index < -0.39 is 0 Å². The molecule has 0 bridgehead atoms. The van der Waals surface area contributed by atoms with Crippen LogP contribution >= 0.6 is 0 Å². The third kappa shape index (κ3) is 3.83. The molecule has 3 rings (SSSR count). The van der Waals surface area contributed by atoms with Crippen molar-refractivity contribution >= 4 is 22.5 Å². The molecule has 0 unspecified atom stereocenters. The summed E-state index contributed by atoms with van der Waals surface area (Å²) >= 11 is 0. The highest BCUT2D eigenvalue weighted by atomic mass is 16.5. The number of carbonyl (C=O) groups excluding carboxylic acids is 1. The Hall–Kier alpha value is -2.92. The number of nitrogens with zero attached hydrogens (tertiary/aromatic N) is 3. The Bertz CT molecular complexity index is 894. The molecular weight excluding hydrogens is 326 g/mol. The van der Waals surface area contributed by atoms with Gasteiger partial charge in [0.1, 0.15) is 5.75 Å². The second-order valence-corrected chi connectivity index (χ2v) is 6.35. The Morgan fingerprint density at radius 1 is 1.04 bits per heavy atom. The minimum atomic E-state index is -0.0827. The Balaban J connectivity index is 2.07. The predicted octanol–water partition coefficient (Wildman–Crippen LogP) is 3.45. The van der Waals surface area contributed by atoms with E-state index in [9.17, 15) is 4.79 Å². The number of methoxy groups -OCH3 is 1. The van der Waals surface area contributed by atoms with E-state index in [-0.39, 0.29) is 5.91 Å². The third-order valence-electron chi connectivity index (χ3n) is 4.23. The number of benzene rings is 2. The van der Waals surface area contributed by atoms with Crippen molar-refractivity contribution in [1.82, 2.24) is 9.88 Å². The molecule has 0 N–H and O–H groups in total. The van der Waals surface area contributed by atoms with Crippen LogP contribution in [0, 0.1) is 0 Å².